The third kappa shape index (κ3) is 3.30. The van der Waals surface area contributed by atoms with Crippen molar-refractivity contribution in [3.8, 4) is 29.7 Å². The number of nitrogens with zero attached hydrogens (tertiary/aromatic N) is 4. The molecule has 3 rings (SSSR count). The van der Waals surface area contributed by atoms with E-state index in [0.29, 0.717) is 30.2 Å². The van der Waals surface area contributed by atoms with Crippen molar-refractivity contribution in [3.63, 3.8) is 0 Å². The lowest BCUT2D eigenvalue weighted by molar-refractivity contribution is 0.204. The minimum atomic E-state index is -1.74. The Morgan fingerprint density at radius 2 is 1.77 bits per heavy atom. The molecule has 1 aliphatic carbocycles. The normalized spacial score (nSPS) is 25.1. The highest BCUT2D eigenvalue weighted by molar-refractivity contribution is 6.00. The van der Waals surface area contributed by atoms with Crippen molar-refractivity contribution in [3.05, 3.63) is 35.4 Å². The second kappa shape index (κ2) is 8.57. The Labute approximate surface area is 177 Å². The fourth-order valence-electron chi connectivity index (χ4n) is 4.75. The number of nitriles is 3. The summed E-state index contributed by atoms with van der Waals surface area (Å²) in [4.78, 5) is 2.27. The summed E-state index contributed by atoms with van der Waals surface area (Å²) in [7, 11) is 3.09. The van der Waals surface area contributed by atoms with E-state index >= 15 is 0 Å². The predicted octanol–water partition coefficient (Wildman–Crippen LogP) is 3.26. The zero-order valence-corrected chi connectivity index (χ0v) is 17.5. The average molecular weight is 403 g/mol. The van der Waals surface area contributed by atoms with E-state index in [1.165, 1.54) is 0 Å². The first-order valence-corrected chi connectivity index (χ1v) is 9.95. The molecule has 0 aromatic heterocycles. The second-order valence-electron chi connectivity index (χ2n) is 7.70. The summed E-state index contributed by atoms with van der Waals surface area (Å²) in [5.41, 5.74) is -0.352. The summed E-state index contributed by atoms with van der Waals surface area (Å²) in [6, 6.07) is 11.7. The molecule has 7 nitrogen and oxygen atoms in total. The maximum absolute atomic E-state index is 10.2. The van der Waals surface area contributed by atoms with Crippen LogP contribution in [0.5, 0.6) is 11.5 Å². The molecule has 1 aliphatic heterocycles. The minimum absolute atomic E-state index is 0.145. The van der Waals surface area contributed by atoms with Gasteiger partial charge >= 0.3 is 0 Å². The molecule has 1 fully saturated rings. The minimum Gasteiger partial charge on any atom is -0.497 e. The van der Waals surface area contributed by atoms with E-state index in [9.17, 15) is 15.8 Å². The molecule has 7 heteroatoms. The van der Waals surface area contributed by atoms with Crippen LogP contribution in [0, 0.1) is 56.7 Å². The zero-order chi connectivity index (χ0) is 21.9. The summed E-state index contributed by atoms with van der Waals surface area (Å²) in [6.45, 7) is 4.31. The van der Waals surface area contributed by atoms with Crippen LogP contribution in [-0.2, 0) is 0 Å². The predicted molar refractivity (Wildman–Crippen MR) is 111 cm³/mol. The lowest BCUT2D eigenvalue weighted by Gasteiger charge is -2.47. The Morgan fingerprint density at radius 1 is 1.13 bits per heavy atom. The summed E-state index contributed by atoms with van der Waals surface area (Å²) >= 11 is 0. The molecule has 1 heterocycles. The molecule has 1 unspecified atom stereocenters. The third-order valence-corrected chi connectivity index (χ3v) is 6.14. The van der Waals surface area contributed by atoms with Gasteiger partial charge in [-0.1, -0.05) is 13.0 Å². The van der Waals surface area contributed by atoms with Crippen LogP contribution in [0.15, 0.2) is 29.8 Å². The van der Waals surface area contributed by atoms with Crippen LogP contribution in [0.25, 0.3) is 0 Å². The van der Waals surface area contributed by atoms with Gasteiger partial charge in [-0.3, -0.25) is 4.90 Å². The topological polar surface area (TPSA) is 117 Å². The maximum atomic E-state index is 10.2. The van der Waals surface area contributed by atoms with Gasteiger partial charge in [0.15, 0.2) is 5.41 Å². The molecule has 1 aromatic rings. The fraction of sp³-hybridized carbons (Fsp3) is 0.478. The van der Waals surface area contributed by atoms with E-state index in [2.05, 4.69) is 30.0 Å². The molecular weight excluding hydrogens is 378 g/mol. The molecule has 1 aromatic carbocycles. The van der Waals surface area contributed by atoms with Crippen LogP contribution >= 0.6 is 0 Å². The standard InChI is InChI=1S/C23H25N5O2/c1-4-6-28-7-5-18-19(11-24)22(27)23(13-25,14-26)21(20(18)12-28)15-8-16(29-2)10-17(9-15)30-3/h5,8-10,19-21,27H,4,6-7,12H2,1-3H3/t19?,20-,21+/m1/s1. The number of fused-ring (bicyclic) bond motifs is 1. The quantitative estimate of drug-likeness (QED) is 0.754. The van der Waals surface area contributed by atoms with E-state index in [0.717, 1.165) is 18.5 Å². The van der Waals surface area contributed by atoms with Crippen LogP contribution in [0.4, 0.5) is 0 Å². The maximum Gasteiger partial charge on any atom is 0.189 e. The molecule has 0 saturated heterocycles. The first-order chi connectivity index (χ1) is 14.5. The van der Waals surface area contributed by atoms with Crippen LogP contribution in [-0.4, -0.2) is 44.5 Å². The van der Waals surface area contributed by atoms with Gasteiger partial charge in [-0.05, 0) is 36.2 Å². The fourth-order valence-corrected chi connectivity index (χ4v) is 4.75. The van der Waals surface area contributed by atoms with Gasteiger partial charge in [-0.25, -0.2) is 0 Å². The highest BCUT2D eigenvalue weighted by atomic mass is 16.5. The number of methoxy groups -OCH3 is 2. The molecule has 0 bridgehead atoms. The van der Waals surface area contributed by atoms with E-state index in [-0.39, 0.29) is 11.6 Å². The van der Waals surface area contributed by atoms with E-state index in [1.54, 1.807) is 32.4 Å². The van der Waals surface area contributed by atoms with Gasteiger partial charge in [-0.2, -0.15) is 15.8 Å². The van der Waals surface area contributed by atoms with Gasteiger partial charge in [0, 0.05) is 31.0 Å². The van der Waals surface area contributed by atoms with E-state index in [4.69, 9.17) is 14.9 Å². The van der Waals surface area contributed by atoms with Crippen LogP contribution < -0.4 is 9.47 Å². The van der Waals surface area contributed by atoms with Crippen molar-refractivity contribution in [1.29, 1.82) is 21.2 Å². The van der Waals surface area contributed by atoms with E-state index < -0.39 is 17.3 Å². The lowest BCUT2D eigenvalue weighted by Crippen LogP contribution is -2.52. The molecule has 3 atom stereocenters. The van der Waals surface area contributed by atoms with Crippen LogP contribution in [0.3, 0.4) is 0 Å². The molecular formula is C23H25N5O2. The molecule has 0 amide bonds. The first-order valence-electron chi connectivity index (χ1n) is 9.95. The molecule has 2 aliphatic rings. The number of hydrogen-bond donors (Lipinski definition) is 1. The SMILES string of the molecule is CCCN1CC=C2C(C#N)C(=N)C(C#N)(C#N)[C@@H](c3cc(OC)cc(OC)c3)[C@@H]2C1. The zero-order valence-electron chi connectivity index (χ0n) is 17.5. The van der Waals surface area contributed by atoms with Crippen molar-refractivity contribution in [2.45, 2.75) is 19.3 Å². The summed E-state index contributed by atoms with van der Waals surface area (Å²) in [6.07, 6.45) is 2.99. The highest BCUT2D eigenvalue weighted by Gasteiger charge is 2.57. The third-order valence-electron chi connectivity index (χ3n) is 6.14. The van der Waals surface area contributed by atoms with Crippen molar-refractivity contribution < 1.29 is 9.47 Å². The van der Waals surface area contributed by atoms with Crippen molar-refractivity contribution in [2.75, 3.05) is 33.9 Å². The van der Waals surface area contributed by atoms with Gasteiger partial charge in [0.1, 0.15) is 17.4 Å². The smallest absolute Gasteiger partial charge is 0.189 e. The molecule has 0 radical (unpaired) electrons. The molecule has 30 heavy (non-hydrogen) atoms. The van der Waals surface area contributed by atoms with Gasteiger partial charge < -0.3 is 14.9 Å². The largest absolute Gasteiger partial charge is 0.497 e. The monoisotopic (exact) mass is 403 g/mol. The van der Waals surface area contributed by atoms with Gasteiger partial charge in [-0.15, -0.1) is 0 Å². The summed E-state index contributed by atoms with van der Waals surface area (Å²) in [5.74, 6) is -0.605. The Morgan fingerprint density at radius 3 is 2.27 bits per heavy atom. The number of rotatable bonds is 5. The Balaban J connectivity index is 2.26. The molecule has 1 saturated carbocycles. The highest BCUT2D eigenvalue weighted by Crippen LogP contribution is 2.54. The number of hydrogen-bond acceptors (Lipinski definition) is 7. The van der Waals surface area contributed by atoms with E-state index in [1.807, 2.05) is 6.08 Å². The van der Waals surface area contributed by atoms with Crippen molar-refractivity contribution in [2.24, 2.45) is 17.3 Å². The van der Waals surface area contributed by atoms with Gasteiger partial charge in [0.25, 0.3) is 0 Å². The lowest BCUT2D eigenvalue weighted by atomic mass is 9.54. The van der Waals surface area contributed by atoms with Crippen molar-refractivity contribution >= 4 is 5.71 Å². The summed E-state index contributed by atoms with van der Waals surface area (Å²) < 4.78 is 10.8. The second-order valence-corrected chi connectivity index (χ2v) is 7.70. The van der Waals surface area contributed by atoms with Crippen LogP contribution in [0.1, 0.15) is 24.8 Å². The first kappa shape index (κ1) is 21.4. The Kier molecular flexibility index (Phi) is 6.11. The number of benzene rings is 1. The Bertz CT molecular complexity index is 958. The molecule has 0 spiro atoms. The molecule has 154 valence electrons. The van der Waals surface area contributed by atoms with Crippen LogP contribution in [0.2, 0.25) is 0 Å². The number of ether oxygens (including phenoxy) is 2. The average Bonchev–Trinajstić information content (AvgIpc) is 2.78. The Hall–Kier alpha value is -3.34. The van der Waals surface area contributed by atoms with Crippen molar-refractivity contribution in [1.82, 2.24) is 4.90 Å². The van der Waals surface area contributed by atoms with Gasteiger partial charge in [0.05, 0.1) is 38.1 Å². The molecule has 1 N–H and O–H groups in total. The summed E-state index contributed by atoms with van der Waals surface area (Å²) in [5, 5.41) is 38.8. The number of nitrogens with one attached hydrogen (secondary N) is 1. The van der Waals surface area contributed by atoms with Gasteiger partial charge in [0.2, 0.25) is 0 Å².